The van der Waals surface area contributed by atoms with Crippen molar-refractivity contribution in [2.24, 2.45) is 5.41 Å². The van der Waals surface area contributed by atoms with E-state index >= 15 is 0 Å². The molecule has 1 aromatic rings. The average molecular weight is 384 g/mol. The van der Waals surface area contributed by atoms with Crippen LogP contribution in [0.15, 0.2) is 16.6 Å². The maximum Gasteiger partial charge on any atom is 0.200 e. The summed E-state index contributed by atoms with van der Waals surface area (Å²) >= 11 is 6.73. The molecular formula is C13H14Br2F2O. The topological polar surface area (TPSA) is 9.23 Å². The summed E-state index contributed by atoms with van der Waals surface area (Å²) in [7, 11) is 0. The summed E-state index contributed by atoms with van der Waals surface area (Å²) in [6.07, 6.45) is 1.64. The van der Waals surface area contributed by atoms with E-state index in [1.54, 1.807) is 0 Å². The van der Waals surface area contributed by atoms with Gasteiger partial charge in [0.05, 0.1) is 0 Å². The normalized spacial score (nSPS) is 31.0. The first-order valence-corrected chi connectivity index (χ1v) is 7.54. The van der Waals surface area contributed by atoms with Gasteiger partial charge in [-0.05, 0) is 25.0 Å². The van der Waals surface area contributed by atoms with Crippen LogP contribution in [0.3, 0.4) is 0 Å². The second-order valence-electron chi connectivity index (χ2n) is 4.87. The molecule has 1 aromatic carbocycles. The van der Waals surface area contributed by atoms with Gasteiger partial charge in [0.25, 0.3) is 0 Å². The molecule has 0 radical (unpaired) electrons. The van der Waals surface area contributed by atoms with E-state index in [4.69, 9.17) is 4.74 Å². The Morgan fingerprint density at radius 1 is 1.44 bits per heavy atom. The highest BCUT2D eigenvalue weighted by molar-refractivity contribution is 9.10. The van der Waals surface area contributed by atoms with Crippen molar-refractivity contribution < 1.29 is 13.5 Å². The van der Waals surface area contributed by atoms with Crippen LogP contribution in [0, 0.1) is 17.0 Å². The van der Waals surface area contributed by atoms with Crippen LogP contribution in [-0.4, -0.2) is 10.9 Å². The molecule has 100 valence electrons. The van der Waals surface area contributed by atoms with E-state index < -0.39 is 11.6 Å². The van der Waals surface area contributed by atoms with E-state index in [1.807, 2.05) is 0 Å². The standard InChI is InChI=1S/C13H14Br2F2O/c1-3-13(2)10(15)6-11(13)18-9-5-7(14)4-8(16)12(9)17/h4-5,10-11H,3,6H2,1-2H3. The second-order valence-corrected chi connectivity index (χ2v) is 6.89. The number of rotatable bonds is 3. The largest absolute Gasteiger partial charge is 0.487 e. The summed E-state index contributed by atoms with van der Waals surface area (Å²) in [6.45, 7) is 4.16. The Morgan fingerprint density at radius 2 is 2.11 bits per heavy atom. The van der Waals surface area contributed by atoms with E-state index in [1.165, 1.54) is 6.07 Å². The predicted octanol–water partition coefficient (Wildman–Crippen LogP) is 5.06. The first kappa shape index (κ1) is 14.3. The van der Waals surface area contributed by atoms with Gasteiger partial charge in [-0.2, -0.15) is 4.39 Å². The lowest BCUT2D eigenvalue weighted by Crippen LogP contribution is -2.54. The molecule has 0 aromatic heterocycles. The first-order valence-electron chi connectivity index (χ1n) is 5.83. The number of alkyl halides is 1. The third-order valence-electron chi connectivity index (χ3n) is 3.86. The van der Waals surface area contributed by atoms with Gasteiger partial charge in [-0.15, -0.1) is 0 Å². The Hall–Kier alpha value is -0.160. The van der Waals surface area contributed by atoms with Crippen LogP contribution in [0.5, 0.6) is 5.75 Å². The van der Waals surface area contributed by atoms with Crippen LogP contribution in [0.1, 0.15) is 26.7 Å². The van der Waals surface area contributed by atoms with Gasteiger partial charge in [0, 0.05) is 14.7 Å². The molecular weight excluding hydrogens is 370 g/mol. The van der Waals surface area contributed by atoms with E-state index in [0.717, 1.165) is 18.9 Å². The molecule has 0 saturated heterocycles. The van der Waals surface area contributed by atoms with Crippen molar-refractivity contribution in [2.45, 2.75) is 37.6 Å². The maximum atomic E-state index is 13.6. The number of hydrogen-bond donors (Lipinski definition) is 0. The molecule has 0 N–H and O–H groups in total. The Morgan fingerprint density at radius 3 is 2.67 bits per heavy atom. The van der Waals surface area contributed by atoms with Crippen LogP contribution in [0.25, 0.3) is 0 Å². The molecule has 2 rings (SSSR count). The van der Waals surface area contributed by atoms with Crippen molar-refractivity contribution in [3.8, 4) is 5.75 Å². The van der Waals surface area contributed by atoms with Crippen LogP contribution in [0.4, 0.5) is 8.78 Å². The highest BCUT2D eigenvalue weighted by Gasteiger charge is 2.51. The predicted molar refractivity (Wildman–Crippen MR) is 74.2 cm³/mol. The Kier molecular flexibility index (Phi) is 4.02. The van der Waals surface area contributed by atoms with Gasteiger partial charge in [-0.3, -0.25) is 0 Å². The van der Waals surface area contributed by atoms with Crippen molar-refractivity contribution in [3.63, 3.8) is 0 Å². The van der Waals surface area contributed by atoms with E-state index in [-0.39, 0.29) is 17.3 Å². The van der Waals surface area contributed by atoms with Gasteiger partial charge in [-0.25, -0.2) is 4.39 Å². The Bertz CT molecular complexity index is 467. The maximum absolute atomic E-state index is 13.6. The molecule has 18 heavy (non-hydrogen) atoms. The van der Waals surface area contributed by atoms with Gasteiger partial charge in [0.2, 0.25) is 5.82 Å². The number of ether oxygens (including phenoxy) is 1. The highest BCUT2D eigenvalue weighted by atomic mass is 79.9. The molecule has 1 aliphatic carbocycles. The minimum atomic E-state index is -0.922. The van der Waals surface area contributed by atoms with Gasteiger partial charge >= 0.3 is 0 Å². The van der Waals surface area contributed by atoms with E-state index in [0.29, 0.717) is 9.30 Å². The fourth-order valence-corrected chi connectivity index (χ4v) is 3.54. The zero-order valence-electron chi connectivity index (χ0n) is 10.1. The number of hydrogen-bond acceptors (Lipinski definition) is 1. The zero-order chi connectivity index (χ0) is 13.5. The Labute approximate surface area is 122 Å². The minimum absolute atomic E-state index is 0.0223. The highest BCUT2D eigenvalue weighted by Crippen LogP contribution is 2.50. The fourth-order valence-electron chi connectivity index (χ4n) is 2.17. The zero-order valence-corrected chi connectivity index (χ0v) is 13.3. The molecule has 1 saturated carbocycles. The van der Waals surface area contributed by atoms with Gasteiger partial charge in [0.1, 0.15) is 6.10 Å². The van der Waals surface area contributed by atoms with Crippen LogP contribution >= 0.6 is 31.9 Å². The molecule has 3 unspecified atom stereocenters. The minimum Gasteiger partial charge on any atom is -0.487 e. The van der Waals surface area contributed by atoms with Crippen LogP contribution in [-0.2, 0) is 0 Å². The Balaban J connectivity index is 2.21. The van der Waals surface area contributed by atoms with Gasteiger partial charge in [-0.1, -0.05) is 45.7 Å². The molecule has 1 fully saturated rings. The van der Waals surface area contributed by atoms with E-state index in [9.17, 15) is 8.78 Å². The smallest absolute Gasteiger partial charge is 0.200 e. The lowest BCUT2D eigenvalue weighted by Gasteiger charge is -2.50. The van der Waals surface area contributed by atoms with Crippen LogP contribution < -0.4 is 4.74 Å². The summed E-state index contributed by atoms with van der Waals surface area (Å²) in [5, 5.41) is 0. The third kappa shape index (κ3) is 2.31. The molecule has 0 bridgehead atoms. The molecule has 0 aliphatic heterocycles. The molecule has 1 nitrogen and oxygen atoms in total. The van der Waals surface area contributed by atoms with Crippen molar-refractivity contribution in [1.82, 2.24) is 0 Å². The molecule has 0 spiro atoms. The molecule has 3 atom stereocenters. The van der Waals surface area contributed by atoms with Crippen molar-refractivity contribution in [1.29, 1.82) is 0 Å². The van der Waals surface area contributed by atoms with E-state index in [2.05, 4.69) is 45.7 Å². The lowest BCUT2D eigenvalue weighted by atomic mass is 9.65. The molecule has 1 aliphatic rings. The number of benzene rings is 1. The van der Waals surface area contributed by atoms with Crippen molar-refractivity contribution in [3.05, 3.63) is 28.2 Å². The van der Waals surface area contributed by atoms with Gasteiger partial charge in [0.15, 0.2) is 11.6 Å². The first-order chi connectivity index (χ1) is 8.38. The molecule has 0 heterocycles. The monoisotopic (exact) mass is 382 g/mol. The van der Waals surface area contributed by atoms with Crippen molar-refractivity contribution in [2.75, 3.05) is 0 Å². The summed E-state index contributed by atoms with van der Waals surface area (Å²) in [6, 6.07) is 2.56. The molecule has 0 amide bonds. The lowest BCUT2D eigenvalue weighted by molar-refractivity contribution is -0.0268. The SMILES string of the molecule is CCC1(C)C(Br)CC1Oc1cc(Br)cc(F)c1F. The summed E-state index contributed by atoms with van der Waals surface area (Å²) in [5.74, 6) is -1.84. The average Bonchev–Trinajstić information content (AvgIpc) is 2.33. The van der Waals surface area contributed by atoms with Crippen LogP contribution in [0.2, 0.25) is 0 Å². The quantitative estimate of drug-likeness (QED) is 0.523. The second kappa shape index (κ2) is 5.08. The summed E-state index contributed by atoms with van der Waals surface area (Å²) in [5.41, 5.74) is -0.0365. The summed E-state index contributed by atoms with van der Waals surface area (Å²) in [4.78, 5) is 0.361. The van der Waals surface area contributed by atoms with Crippen molar-refractivity contribution >= 4 is 31.9 Å². The molecule has 5 heteroatoms. The van der Waals surface area contributed by atoms with Gasteiger partial charge < -0.3 is 4.74 Å². The third-order valence-corrected chi connectivity index (χ3v) is 5.74. The number of halogens is 4. The fraction of sp³-hybridized carbons (Fsp3) is 0.538. The summed E-state index contributed by atoms with van der Waals surface area (Å²) < 4.78 is 33.0.